The number of rotatable bonds is 1. The summed E-state index contributed by atoms with van der Waals surface area (Å²) >= 11 is 0. The van der Waals surface area contributed by atoms with E-state index in [2.05, 4.69) is 10.8 Å². The predicted octanol–water partition coefficient (Wildman–Crippen LogP) is 2.22. The Morgan fingerprint density at radius 3 is 2.59 bits per heavy atom. The minimum absolute atomic E-state index is 0.0961. The number of carbonyl (C=O) groups excluding carboxylic acids is 2. The lowest BCUT2D eigenvalue weighted by atomic mass is 9.81. The van der Waals surface area contributed by atoms with Crippen LogP contribution in [-0.2, 0) is 16.0 Å². The smallest absolute Gasteiger partial charge is 0.316 e. The summed E-state index contributed by atoms with van der Waals surface area (Å²) in [6.07, 6.45) is 1.32. The lowest BCUT2D eigenvalue weighted by molar-refractivity contribution is -0.143. The molecule has 1 aliphatic rings. The molecule has 1 unspecified atom stereocenters. The minimum Gasteiger partial charge on any atom is -0.468 e. The fraction of sp³-hybridized carbons (Fsp3) is 0.429. The fourth-order valence-electron chi connectivity index (χ4n) is 2.30. The highest BCUT2D eigenvalue weighted by Gasteiger charge is 2.33. The molecule has 0 bridgehead atoms. The van der Waals surface area contributed by atoms with Gasteiger partial charge in [0.2, 0.25) is 0 Å². The molecule has 1 aliphatic carbocycles. The Kier molecular flexibility index (Phi) is 3.01. The maximum Gasteiger partial charge on any atom is 0.316 e. The van der Waals surface area contributed by atoms with Crippen LogP contribution in [0, 0.1) is 19.8 Å². The molecule has 0 spiro atoms. The van der Waals surface area contributed by atoms with Crippen molar-refractivity contribution in [2.75, 3.05) is 7.11 Å². The van der Waals surface area contributed by atoms with Gasteiger partial charge < -0.3 is 4.74 Å². The van der Waals surface area contributed by atoms with E-state index in [-0.39, 0.29) is 5.78 Å². The molecule has 1 aromatic rings. The van der Waals surface area contributed by atoms with Crippen molar-refractivity contribution in [1.82, 2.24) is 0 Å². The van der Waals surface area contributed by atoms with Gasteiger partial charge in [0.1, 0.15) is 5.92 Å². The maximum atomic E-state index is 12.2. The van der Waals surface area contributed by atoms with Gasteiger partial charge in [-0.2, -0.15) is 0 Å². The van der Waals surface area contributed by atoms with Gasteiger partial charge in [-0.1, -0.05) is 6.07 Å². The SMILES string of the molecule is COC(=O)C1CCc2cc(C)c(C)cc2C1=O. The number of Topliss-reactive ketones (excluding diaryl/α,β-unsaturated/α-hetero) is 1. The Morgan fingerprint density at radius 2 is 1.94 bits per heavy atom. The van der Waals surface area contributed by atoms with Crippen molar-refractivity contribution in [3.8, 4) is 0 Å². The average Bonchev–Trinajstić information content (AvgIpc) is 2.31. The molecule has 0 aliphatic heterocycles. The zero-order valence-corrected chi connectivity index (χ0v) is 10.4. The molecular weight excluding hydrogens is 216 g/mol. The molecule has 0 N–H and O–H groups in total. The molecule has 17 heavy (non-hydrogen) atoms. The third kappa shape index (κ3) is 1.97. The van der Waals surface area contributed by atoms with Gasteiger partial charge in [-0.05, 0) is 49.4 Å². The Bertz CT molecular complexity index is 488. The van der Waals surface area contributed by atoms with E-state index in [0.29, 0.717) is 12.0 Å². The lowest BCUT2D eigenvalue weighted by Crippen LogP contribution is -2.30. The van der Waals surface area contributed by atoms with Crippen LogP contribution in [0.15, 0.2) is 12.1 Å². The molecule has 0 saturated heterocycles. The minimum atomic E-state index is -0.616. The van der Waals surface area contributed by atoms with E-state index in [1.165, 1.54) is 12.7 Å². The van der Waals surface area contributed by atoms with E-state index in [1.807, 2.05) is 19.9 Å². The van der Waals surface area contributed by atoms with Gasteiger partial charge in [-0.15, -0.1) is 0 Å². The molecule has 0 heterocycles. The highest BCUT2D eigenvalue weighted by molar-refractivity contribution is 6.10. The summed E-state index contributed by atoms with van der Waals surface area (Å²) in [5.74, 6) is -1.13. The molecule has 0 saturated carbocycles. The first-order valence-electron chi connectivity index (χ1n) is 5.76. The van der Waals surface area contributed by atoms with E-state index in [9.17, 15) is 9.59 Å². The first-order chi connectivity index (χ1) is 8.04. The van der Waals surface area contributed by atoms with Crippen LogP contribution in [0.3, 0.4) is 0 Å². The Balaban J connectivity index is 2.42. The number of hydrogen-bond acceptors (Lipinski definition) is 3. The zero-order valence-electron chi connectivity index (χ0n) is 10.4. The summed E-state index contributed by atoms with van der Waals surface area (Å²) in [6, 6.07) is 3.94. The van der Waals surface area contributed by atoms with Crippen molar-refractivity contribution in [3.05, 3.63) is 34.4 Å². The first-order valence-corrected chi connectivity index (χ1v) is 5.76. The van der Waals surface area contributed by atoms with Crippen molar-refractivity contribution >= 4 is 11.8 Å². The Labute approximate surface area is 101 Å². The van der Waals surface area contributed by atoms with Gasteiger partial charge in [-0.25, -0.2) is 0 Å². The molecule has 0 aromatic heterocycles. The van der Waals surface area contributed by atoms with Crippen LogP contribution >= 0.6 is 0 Å². The topological polar surface area (TPSA) is 43.4 Å². The highest BCUT2D eigenvalue weighted by Crippen LogP contribution is 2.28. The number of benzene rings is 1. The number of fused-ring (bicyclic) bond motifs is 1. The van der Waals surface area contributed by atoms with E-state index in [4.69, 9.17) is 0 Å². The molecule has 1 atom stereocenters. The van der Waals surface area contributed by atoms with E-state index >= 15 is 0 Å². The van der Waals surface area contributed by atoms with Crippen molar-refractivity contribution < 1.29 is 14.3 Å². The number of aryl methyl sites for hydroxylation is 3. The Morgan fingerprint density at radius 1 is 1.29 bits per heavy atom. The molecule has 0 amide bonds. The third-order valence-corrected chi connectivity index (χ3v) is 3.49. The standard InChI is InChI=1S/C14H16O3/c1-8-6-10-4-5-11(14(16)17-3)13(15)12(10)7-9(8)2/h6-7,11H,4-5H2,1-3H3. The second-order valence-corrected chi connectivity index (χ2v) is 4.57. The number of carbonyl (C=O) groups is 2. The van der Waals surface area contributed by atoms with Gasteiger partial charge in [0.25, 0.3) is 0 Å². The second kappa shape index (κ2) is 4.32. The van der Waals surface area contributed by atoms with Crippen LogP contribution < -0.4 is 0 Å². The van der Waals surface area contributed by atoms with Gasteiger partial charge in [-0.3, -0.25) is 9.59 Å². The van der Waals surface area contributed by atoms with Crippen LogP contribution in [0.4, 0.5) is 0 Å². The molecule has 1 aromatic carbocycles. The van der Waals surface area contributed by atoms with Crippen LogP contribution in [-0.4, -0.2) is 18.9 Å². The van der Waals surface area contributed by atoms with Crippen molar-refractivity contribution in [1.29, 1.82) is 0 Å². The van der Waals surface area contributed by atoms with Gasteiger partial charge >= 0.3 is 5.97 Å². The third-order valence-electron chi connectivity index (χ3n) is 3.49. The molecule has 0 fully saturated rings. The summed E-state index contributed by atoms with van der Waals surface area (Å²) in [6.45, 7) is 4.01. The van der Waals surface area contributed by atoms with Crippen LogP contribution in [0.1, 0.15) is 33.5 Å². The summed E-state index contributed by atoms with van der Waals surface area (Å²) in [4.78, 5) is 23.7. The molecule has 90 valence electrons. The molecule has 0 radical (unpaired) electrons. The average molecular weight is 232 g/mol. The van der Waals surface area contributed by atoms with Crippen LogP contribution in [0.2, 0.25) is 0 Å². The van der Waals surface area contributed by atoms with E-state index in [1.54, 1.807) is 0 Å². The van der Waals surface area contributed by atoms with E-state index < -0.39 is 11.9 Å². The predicted molar refractivity (Wildman–Crippen MR) is 64.1 cm³/mol. The van der Waals surface area contributed by atoms with Gasteiger partial charge in [0.15, 0.2) is 5.78 Å². The summed E-state index contributed by atoms with van der Waals surface area (Å²) in [5.41, 5.74) is 4.02. The summed E-state index contributed by atoms with van der Waals surface area (Å²) in [5, 5.41) is 0. The lowest BCUT2D eigenvalue weighted by Gasteiger charge is -2.22. The molecular formula is C14H16O3. The monoisotopic (exact) mass is 232 g/mol. The number of ether oxygens (including phenoxy) is 1. The van der Waals surface area contributed by atoms with Crippen molar-refractivity contribution in [2.24, 2.45) is 5.92 Å². The first kappa shape index (κ1) is 11.8. The van der Waals surface area contributed by atoms with Crippen LogP contribution in [0.5, 0.6) is 0 Å². The fourth-order valence-corrected chi connectivity index (χ4v) is 2.30. The van der Waals surface area contributed by atoms with Crippen molar-refractivity contribution in [3.63, 3.8) is 0 Å². The zero-order chi connectivity index (χ0) is 12.6. The number of ketones is 1. The van der Waals surface area contributed by atoms with Gasteiger partial charge in [0, 0.05) is 5.56 Å². The number of methoxy groups -OCH3 is 1. The van der Waals surface area contributed by atoms with E-state index in [0.717, 1.165) is 17.5 Å². The largest absolute Gasteiger partial charge is 0.468 e. The van der Waals surface area contributed by atoms with Gasteiger partial charge in [0.05, 0.1) is 7.11 Å². The molecule has 3 heteroatoms. The molecule has 2 rings (SSSR count). The number of hydrogen-bond donors (Lipinski definition) is 0. The molecule has 3 nitrogen and oxygen atoms in total. The summed E-state index contributed by atoms with van der Waals surface area (Å²) < 4.78 is 4.67. The highest BCUT2D eigenvalue weighted by atomic mass is 16.5. The van der Waals surface area contributed by atoms with Crippen LogP contribution in [0.25, 0.3) is 0 Å². The number of esters is 1. The maximum absolute atomic E-state index is 12.2. The normalized spacial score (nSPS) is 18.8. The quantitative estimate of drug-likeness (QED) is 0.551. The second-order valence-electron chi connectivity index (χ2n) is 4.57. The Hall–Kier alpha value is -1.64. The van der Waals surface area contributed by atoms with Crippen molar-refractivity contribution in [2.45, 2.75) is 26.7 Å². The summed E-state index contributed by atoms with van der Waals surface area (Å²) in [7, 11) is 1.32.